The van der Waals surface area contributed by atoms with Gasteiger partial charge in [-0.15, -0.1) is 0 Å². The predicted octanol–water partition coefficient (Wildman–Crippen LogP) is 2.00. The summed E-state index contributed by atoms with van der Waals surface area (Å²) in [5.74, 6) is 1.81. The smallest absolute Gasteiger partial charge is 0.105 e. The first kappa shape index (κ1) is 14.1. The van der Waals surface area contributed by atoms with Crippen LogP contribution in [0.2, 0.25) is 0 Å². The number of piperidine rings is 1. The van der Waals surface area contributed by atoms with Crippen LogP contribution in [0.4, 0.5) is 5.69 Å². The zero-order valence-electron chi connectivity index (χ0n) is 12.4. The van der Waals surface area contributed by atoms with Crippen molar-refractivity contribution in [2.75, 3.05) is 18.0 Å². The van der Waals surface area contributed by atoms with E-state index in [1.165, 1.54) is 18.5 Å². The maximum Gasteiger partial charge on any atom is 0.105 e. The van der Waals surface area contributed by atoms with Gasteiger partial charge in [-0.2, -0.15) is 0 Å². The summed E-state index contributed by atoms with van der Waals surface area (Å²) in [7, 11) is 0. The highest BCUT2D eigenvalue weighted by molar-refractivity contribution is 5.46. The van der Waals surface area contributed by atoms with Gasteiger partial charge in [-0.1, -0.05) is 0 Å². The standard InChI is InChI=1S/C16H22N4O/c1-13-17-6-9-20(13)11-14-3-7-19(8-4-14)16-2-5-18-15(10-16)12-21/h2,5-6,9-10,14,21H,3-4,7-8,11-12H2,1H3. The second-order valence-corrected chi connectivity index (χ2v) is 5.72. The number of aryl methyl sites for hydroxylation is 1. The Hall–Kier alpha value is -1.88. The van der Waals surface area contributed by atoms with Crippen molar-refractivity contribution >= 4 is 5.69 Å². The molecule has 2 aromatic heterocycles. The Balaban J connectivity index is 1.58. The summed E-state index contributed by atoms with van der Waals surface area (Å²) in [5, 5.41) is 9.18. The molecule has 0 spiro atoms. The molecule has 2 aromatic rings. The second kappa shape index (κ2) is 6.26. The van der Waals surface area contributed by atoms with Gasteiger partial charge < -0.3 is 14.6 Å². The van der Waals surface area contributed by atoms with Gasteiger partial charge >= 0.3 is 0 Å². The lowest BCUT2D eigenvalue weighted by Gasteiger charge is -2.34. The Bertz CT molecular complexity index is 587. The van der Waals surface area contributed by atoms with Gasteiger partial charge in [0.15, 0.2) is 0 Å². The summed E-state index contributed by atoms with van der Waals surface area (Å²) in [4.78, 5) is 10.8. The minimum absolute atomic E-state index is 0.00418. The average Bonchev–Trinajstić information content (AvgIpc) is 2.93. The molecular formula is C16H22N4O. The predicted molar refractivity (Wildman–Crippen MR) is 82.1 cm³/mol. The molecule has 1 saturated heterocycles. The van der Waals surface area contributed by atoms with Crippen LogP contribution in [0, 0.1) is 12.8 Å². The van der Waals surface area contributed by atoms with Crippen LogP contribution in [-0.2, 0) is 13.2 Å². The highest BCUT2D eigenvalue weighted by atomic mass is 16.3. The van der Waals surface area contributed by atoms with Crippen LogP contribution in [0.25, 0.3) is 0 Å². The quantitative estimate of drug-likeness (QED) is 0.934. The van der Waals surface area contributed by atoms with Crippen molar-refractivity contribution in [3.05, 3.63) is 42.2 Å². The number of hydrogen-bond acceptors (Lipinski definition) is 4. The lowest BCUT2D eigenvalue weighted by atomic mass is 9.96. The second-order valence-electron chi connectivity index (χ2n) is 5.72. The number of imidazole rings is 1. The summed E-state index contributed by atoms with van der Waals surface area (Å²) in [6.07, 6.45) is 8.10. The maximum atomic E-state index is 9.18. The van der Waals surface area contributed by atoms with Crippen LogP contribution in [0.5, 0.6) is 0 Å². The van der Waals surface area contributed by atoms with Crippen molar-refractivity contribution in [3.8, 4) is 0 Å². The van der Waals surface area contributed by atoms with Crippen LogP contribution in [-0.4, -0.2) is 32.7 Å². The van der Waals surface area contributed by atoms with Crippen LogP contribution in [0.1, 0.15) is 24.4 Å². The van der Waals surface area contributed by atoms with Crippen molar-refractivity contribution in [1.29, 1.82) is 0 Å². The van der Waals surface area contributed by atoms with Crippen molar-refractivity contribution in [3.63, 3.8) is 0 Å². The SMILES string of the molecule is Cc1nccn1CC1CCN(c2ccnc(CO)c2)CC1. The molecule has 0 aromatic carbocycles. The average molecular weight is 286 g/mol. The summed E-state index contributed by atoms with van der Waals surface area (Å²) in [6.45, 7) is 5.26. The van der Waals surface area contributed by atoms with E-state index in [9.17, 15) is 5.11 Å². The van der Waals surface area contributed by atoms with Gasteiger partial charge in [0, 0.05) is 43.9 Å². The highest BCUT2D eigenvalue weighted by Gasteiger charge is 2.20. The fourth-order valence-corrected chi connectivity index (χ4v) is 3.00. The van der Waals surface area contributed by atoms with Gasteiger partial charge in [0.05, 0.1) is 12.3 Å². The molecule has 1 fully saturated rings. The van der Waals surface area contributed by atoms with Gasteiger partial charge in [0.1, 0.15) is 5.82 Å². The van der Waals surface area contributed by atoms with Crippen molar-refractivity contribution in [2.24, 2.45) is 5.92 Å². The molecule has 1 N–H and O–H groups in total. The minimum atomic E-state index is 0.00418. The Labute approximate surface area is 125 Å². The fourth-order valence-electron chi connectivity index (χ4n) is 3.00. The van der Waals surface area contributed by atoms with Gasteiger partial charge in [0.2, 0.25) is 0 Å². The lowest BCUT2D eigenvalue weighted by molar-refractivity contribution is 0.277. The van der Waals surface area contributed by atoms with E-state index in [4.69, 9.17) is 0 Å². The maximum absolute atomic E-state index is 9.18. The van der Waals surface area contributed by atoms with Crippen LogP contribution < -0.4 is 4.90 Å². The van der Waals surface area contributed by atoms with E-state index >= 15 is 0 Å². The van der Waals surface area contributed by atoms with E-state index in [0.717, 1.165) is 31.2 Å². The van der Waals surface area contributed by atoms with Crippen molar-refractivity contribution < 1.29 is 5.11 Å². The topological polar surface area (TPSA) is 54.2 Å². The summed E-state index contributed by atoms with van der Waals surface area (Å²) >= 11 is 0. The zero-order chi connectivity index (χ0) is 14.7. The van der Waals surface area contributed by atoms with Gasteiger partial charge in [0.25, 0.3) is 0 Å². The molecule has 0 unspecified atom stereocenters. The molecule has 3 rings (SSSR count). The number of rotatable bonds is 4. The van der Waals surface area contributed by atoms with Crippen molar-refractivity contribution in [1.82, 2.24) is 14.5 Å². The first-order chi connectivity index (χ1) is 10.3. The number of aliphatic hydroxyl groups excluding tert-OH is 1. The number of hydrogen-bond donors (Lipinski definition) is 1. The van der Waals surface area contributed by atoms with E-state index in [0.29, 0.717) is 5.92 Å². The molecule has 0 aliphatic carbocycles. The summed E-state index contributed by atoms with van der Waals surface area (Å²) in [5.41, 5.74) is 1.91. The zero-order valence-corrected chi connectivity index (χ0v) is 12.4. The summed E-state index contributed by atoms with van der Waals surface area (Å²) in [6, 6.07) is 4.01. The number of aliphatic hydroxyl groups is 1. The Kier molecular flexibility index (Phi) is 4.20. The molecule has 0 radical (unpaired) electrons. The van der Waals surface area contributed by atoms with Crippen LogP contribution in [0.3, 0.4) is 0 Å². The third-order valence-electron chi connectivity index (χ3n) is 4.32. The number of aromatic nitrogens is 3. The molecule has 1 aliphatic heterocycles. The molecule has 3 heterocycles. The summed E-state index contributed by atoms with van der Waals surface area (Å²) < 4.78 is 2.25. The molecule has 5 heteroatoms. The third-order valence-corrected chi connectivity index (χ3v) is 4.32. The first-order valence-corrected chi connectivity index (χ1v) is 7.54. The van der Waals surface area contributed by atoms with Gasteiger partial charge in [-0.3, -0.25) is 4.98 Å². The molecule has 21 heavy (non-hydrogen) atoms. The first-order valence-electron chi connectivity index (χ1n) is 7.54. The molecule has 0 amide bonds. The largest absolute Gasteiger partial charge is 0.390 e. The van der Waals surface area contributed by atoms with Crippen LogP contribution in [0.15, 0.2) is 30.7 Å². The van der Waals surface area contributed by atoms with Gasteiger partial charge in [-0.25, -0.2) is 4.98 Å². The third kappa shape index (κ3) is 3.24. The van der Waals surface area contributed by atoms with E-state index in [-0.39, 0.29) is 6.61 Å². The molecule has 1 aliphatic rings. The lowest BCUT2D eigenvalue weighted by Crippen LogP contribution is -2.35. The van der Waals surface area contributed by atoms with Crippen molar-refractivity contribution in [2.45, 2.75) is 32.9 Å². The Morgan fingerprint density at radius 1 is 1.24 bits per heavy atom. The Morgan fingerprint density at radius 3 is 2.71 bits per heavy atom. The van der Waals surface area contributed by atoms with E-state index in [2.05, 4.69) is 32.6 Å². The number of anilines is 1. The van der Waals surface area contributed by atoms with E-state index in [1.54, 1.807) is 6.20 Å². The molecule has 0 atom stereocenters. The highest BCUT2D eigenvalue weighted by Crippen LogP contribution is 2.24. The minimum Gasteiger partial charge on any atom is -0.390 e. The molecule has 0 bridgehead atoms. The van der Waals surface area contributed by atoms with Crippen LogP contribution >= 0.6 is 0 Å². The monoisotopic (exact) mass is 286 g/mol. The Morgan fingerprint density at radius 2 is 2.05 bits per heavy atom. The normalized spacial score (nSPS) is 16.4. The van der Waals surface area contributed by atoms with E-state index < -0.39 is 0 Å². The molecule has 0 saturated carbocycles. The molecule has 112 valence electrons. The fraction of sp³-hybridized carbons (Fsp3) is 0.500. The van der Waals surface area contributed by atoms with E-state index in [1.807, 2.05) is 18.3 Å². The number of nitrogens with zero attached hydrogens (tertiary/aromatic N) is 4. The molecular weight excluding hydrogens is 264 g/mol. The number of pyridine rings is 1. The van der Waals surface area contributed by atoms with Gasteiger partial charge in [-0.05, 0) is 37.8 Å². The molecule has 5 nitrogen and oxygen atoms in total.